The number of rotatable bonds is 6. The maximum absolute atomic E-state index is 12.4. The molecule has 1 aliphatic rings. The van der Waals surface area contributed by atoms with Crippen LogP contribution < -0.4 is 5.32 Å². The molecule has 0 radical (unpaired) electrons. The number of hydrogen-bond donors (Lipinski definition) is 3. The van der Waals surface area contributed by atoms with Crippen LogP contribution in [0.3, 0.4) is 0 Å². The number of thiol groups is 1. The van der Waals surface area contributed by atoms with Crippen LogP contribution in [0.2, 0.25) is 0 Å². The van der Waals surface area contributed by atoms with E-state index in [4.69, 9.17) is 0 Å². The summed E-state index contributed by atoms with van der Waals surface area (Å²) in [4.78, 5) is 37.3. The maximum atomic E-state index is 12.4. The Kier molecular flexibility index (Phi) is 5.22. The van der Waals surface area contributed by atoms with Crippen LogP contribution in [0.5, 0.6) is 0 Å². The summed E-state index contributed by atoms with van der Waals surface area (Å²) in [6, 6.07) is 7.07. The van der Waals surface area contributed by atoms with Crippen molar-refractivity contribution in [1.82, 2.24) is 10.2 Å². The molecular formula is C17H22N2O4S. The van der Waals surface area contributed by atoms with E-state index < -0.39 is 34.7 Å². The minimum absolute atomic E-state index is 0.178. The fourth-order valence-corrected chi connectivity index (χ4v) is 3.19. The van der Waals surface area contributed by atoms with Crippen LogP contribution in [-0.2, 0) is 20.8 Å². The van der Waals surface area contributed by atoms with E-state index in [1.807, 2.05) is 30.3 Å². The number of β-lactam (4-membered cyclic amide) rings is 1. The normalized spacial score (nSPS) is 21.8. The van der Waals surface area contributed by atoms with E-state index in [1.165, 1.54) is 4.90 Å². The molecule has 1 aliphatic heterocycles. The molecule has 6 nitrogen and oxygen atoms in total. The SMILES string of the molecule is C[C@@H]1[C@H](NC(=O)Cc2ccccc2)C(=O)N1[C@@H](C(=O)O)C(C)(C)S. The second-order valence-corrected chi connectivity index (χ2v) is 7.74. The van der Waals surface area contributed by atoms with Crippen molar-refractivity contribution >= 4 is 30.4 Å². The monoisotopic (exact) mass is 350 g/mol. The second-order valence-electron chi connectivity index (χ2n) is 6.59. The number of nitrogens with one attached hydrogen (secondary N) is 1. The van der Waals surface area contributed by atoms with Crippen molar-refractivity contribution in [2.75, 3.05) is 0 Å². The van der Waals surface area contributed by atoms with Gasteiger partial charge in [-0.1, -0.05) is 30.3 Å². The average Bonchev–Trinajstić information content (AvgIpc) is 2.49. The van der Waals surface area contributed by atoms with Crippen LogP contribution in [0.4, 0.5) is 0 Å². The van der Waals surface area contributed by atoms with Gasteiger partial charge >= 0.3 is 5.97 Å². The molecule has 0 saturated carbocycles. The zero-order chi connectivity index (χ0) is 18.1. The van der Waals surface area contributed by atoms with Gasteiger partial charge in [0, 0.05) is 4.75 Å². The molecule has 2 amide bonds. The number of hydrogen-bond acceptors (Lipinski definition) is 4. The smallest absolute Gasteiger partial charge is 0.327 e. The van der Waals surface area contributed by atoms with Gasteiger partial charge in [0.25, 0.3) is 0 Å². The van der Waals surface area contributed by atoms with Gasteiger partial charge in [-0.3, -0.25) is 9.59 Å². The number of amides is 2. The minimum atomic E-state index is -1.11. The molecule has 7 heteroatoms. The summed E-state index contributed by atoms with van der Waals surface area (Å²) in [5.41, 5.74) is 0.853. The van der Waals surface area contributed by atoms with E-state index in [1.54, 1.807) is 20.8 Å². The van der Waals surface area contributed by atoms with Crippen molar-refractivity contribution in [1.29, 1.82) is 0 Å². The van der Waals surface area contributed by atoms with Crippen LogP contribution in [-0.4, -0.2) is 50.7 Å². The Hall–Kier alpha value is -2.02. The van der Waals surface area contributed by atoms with Crippen LogP contribution in [0, 0.1) is 0 Å². The summed E-state index contributed by atoms with van der Waals surface area (Å²) in [5, 5.41) is 12.1. The Bertz CT molecular complexity index is 642. The first-order chi connectivity index (χ1) is 11.1. The molecule has 130 valence electrons. The molecule has 0 aromatic heterocycles. The number of carbonyl (C=O) groups is 3. The molecule has 3 atom stereocenters. The van der Waals surface area contributed by atoms with Gasteiger partial charge in [0.1, 0.15) is 12.1 Å². The van der Waals surface area contributed by atoms with E-state index in [0.717, 1.165) is 5.56 Å². The van der Waals surface area contributed by atoms with E-state index in [-0.39, 0.29) is 12.3 Å². The molecule has 1 saturated heterocycles. The standard InChI is InChI=1S/C17H22N2O4S/c1-10-13(18-12(20)9-11-7-5-4-6-8-11)15(21)19(10)14(16(22)23)17(2,3)24/h4-8,10,13-14,24H,9H2,1-3H3,(H,18,20)(H,22,23)/t10-,13+,14+/m1/s1. The molecule has 0 unspecified atom stereocenters. The Morgan fingerprint density at radius 1 is 1.33 bits per heavy atom. The third kappa shape index (κ3) is 3.72. The van der Waals surface area contributed by atoms with Crippen LogP contribution in [0.1, 0.15) is 26.3 Å². The Labute approximate surface area is 146 Å². The highest BCUT2D eigenvalue weighted by molar-refractivity contribution is 7.81. The number of likely N-dealkylation sites (tertiary alicyclic amines) is 1. The second kappa shape index (κ2) is 6.84. The van der Waals surface area contributed by atoms with E-state index in [2.05, 4.69) is 17.9 Å². The summed E-state index contributed by atoms with van der Waals surface area (Å²) in [5.74, 6) is -1.76. The summed E-state index contributed by atoms with van der Waals surface area (Å²) >= 11 is 4.30. The molecule has 0 spiro atoms. The van der Waals surface area contributed by atoms with E-state index in [9.17, 15) is 19.5 Å². The van der Waals surface area contributed by atoms with E-state index in [0.29, 0.717) is 0 Å². The van der Waals surface area contributed by atoms with Gasteiger partial charge in [0.15, 0.2) is 0 Å². The number of carbonyl (C=O) groups excluding carboxylic acids is 2. The van der Waals surface area contributed by atoms with Crippen LogP contribution in [0.25, 0.3) is 0 Å². The topological polar surface area (TPSA) is 86.7 Å². The van der Waals surface area contributed by atoms with Crippen molar-refractivity contribution in [3.63, 3.8) is 0 Å². The van der Waals surface area contributed by atoms with Gasteiger partial charge in [0.05, 0.1) is 12.5 Å². The van der Waals surface area contributed by atoms with Crippen molar-refractivity contribution in [3.8, 4) is 0 Å². The predicted octanol–water partition coefficient (Wildman–Crippen LogP) is 1.11. The van der Waals surface area contributed by atoms with Gasteiger partial charge < -0.3 is 15.3 Å². The maximum Gasteiger partial charge on any atom is 0.327 e. The Morgan fingerprint density at radius 2 is 1.92 bits per heavy atom. The zero-order valence-electron chi connectivity index (χ0n) is 13.9. The average molecular weight is 350 g/mol. The van der Waals surface area contributed by atoms with E-state index >= 15 is 0 Å². The Balaban J connectivity index is 2.01. The Morgan fingerprint density at radius 3 is 2.38 bits per heavy atom. The first-order valence-electron chi connectivity index (χ1n) is 7.73. The highest BCUT2D eigenvalue weighted by Crippen LogP contribution is 2.31. The minimum Gasteiger partial charge on any atom is -0.480 e. The summed E-state index contributed by atoms with van der Waals surface area (Å²) in [7, 11) is 0. The molecular weight excluding hydrogens is 328 g/mol. The number of nitrogens with zero attached hydrogens (tertiary/aromatic N) is 1. The highest BCUT2D eigenvalue weighted by Gasteiger charge is 2.53. The summed E-state index contributed by atoms with van der Waals surface area (Å²) in [6.07, 6.45) is 0.178. The molecule has 1 aromatic carbocycles. The number of carboxylic acids is 1. The third-order valence-corrected chi connectivity index (χ3v) is 4.39. The summed E-state index contributed by atoms with van der Waals surface area (Å²) < 4.78 is -0.894. The first-order valence-corrected chi connectivity index (χ1v) is 8.18. The lowest BCUT2D eigenvalue weighted by molar-refractivity contribution is -0.167. The third-order valence-electron chi connectivity index (χ3n) is 4.15. The quantitative estimate of drug-likeness (QED) is 0.530. The first kappa shape index (κ1) is 18.3. The molecule has 1 fully saturated rings. The molecule has 2 N–H and O–H groups in total. The van der Waals surface area contributed by atoms with Gasteiger partial charge in [-0.05, 0) is 26.3 Å². The lowest BCUT2D eigenvalue weighted by Gasteiger charge is -2.51. The zero-order valence-corrected chi connectivity index (χ0v) is 14.8. The fraction of sp³-hybridized carbons (Fsp3) is 0.471. The van der Waals surface area contributed by atoms with Crippen molar-refractivity contribution in [2.45, 2.75) is 50.1 Å². The molecule has 1 aromatic rings. The van der Waals surface area contributed by atoms with Crippen LogP contribution in [0.15, 0.2) is 30.3 Å². The van der Waals surface area contributed by atoms with Gasteiger partial charge in [-0.25, -0.2) is 4.79 Å². The number of aliphatic carboxylic acids is 1. The molecule has 0 bridgehead atoms. The van der Waals surface area contributed by atoms with Gasteiger partial charge in [0.2, 0.25) is 11.8 Å². The van der Waals surface area contributed by atoms with Gasteiger partial charge in [-0.15, -0.1) is 0 Å². The molecule has 0 aliphatic carbocycles. The predicted molar refractivity (Wildman–Crippen MR) is 92.9 cm³/mol. The lowest BCUT2D eigenvalue weighted by atomic mass is 9.89. The fourth-order valence-electron chi connectivity index (χ4n) is 2.96. The largest absolute Gasteiger partial charge is 0.480 e. The molecule has 1 heterocycles. The van der Waals surface area contributed by atoms with Crippen molar-refractivity contribution < 1.29 is 19.5 Å². The molecule has 24 heavy (non-hydrogen) atoms. The lowest BCUT2D eigenvalue weighted by Crippen LogP contribution is -2.75. The van der Waals surface area contributed by atoms with Crippen LogP contribution >= 0.6 is 12.6 Å². The summed E-state index contributed by atoms with van der Waals surface area (Å²) in [6.45, 7) is 5.02. The van der Waals surface area contributed by atoms with Crippen molar-refractivity contribution in [3.05, 3.63) is 35.9 Å². The number of carboxylic acid groups (broad SMARTS) is 1. The van der Waals surface area contributed by atoms with Gasteiger partial charge in [-0.2, -0.15) is 12.6 Å². The van der Waals surface area contributed by atoms with Crippen molar-refractivity contribution in [2.24, 2.45) is 0 Å². The number of benzene rings is 1. The molecule has 2 rings (SSSR count). The highest BCUT2D eigenvalue weighted by atomic mass is 32.1.